The van der Waals surface area contributed by atoms with Crippen molar-refractivity contribution >= 4 is 11.8 Å². The van der Waals surface area contributed by atoms with Gasteiger partial charge in [0.05, 0.1) is 0 Å². The average molecular weight is 487 g/mol. The Hall–Kier alpha value is -1.76. The quantitative estimate of drug-likeness (QED) is 0.161. The van der Waals surface area contributed by atoms with Crippen molar-refractivity contribution < 1.29 is 23.5 Å². The number of carbonyl (C=O) groups excluding carboxylic acids is 2. The van der Waals surface area contributed by atoms with Gasteiger partial charge in [0.1, 0.15) is 0 Å². The second kappa shape index (κ2) is 21.8. The van der Waals surface area contributed by atoms with Crippen LogP contribution in [0.1, 0.15) is 117 Å². The Labute approximate surface area is 205 Å². The number of unbranched alkanes of at least 4 members (excludes halogenated alkanes) is 11. The molecule has 0 aromatic rings. The van der Waals surface area contributed by atoms with Gasteiger partial charge in [0.2, 0.25) is 0 Å². The molecule has 2 atom stereocenters. The number of nitrogens with two attached hydrogens (primary N) is 1. The van der Waals surface area contributed by atoms with Gasteiger partial charge in [0.15, 0.2) is 11.7 Å². The number of amides is 2. The molecule has 34 heavy (non-hydrogen) atoms. The van der Waals surface area contributed by atoms with Crippen LogP contribution in [0.25, 0.3) is 0 Å². The van der Waals surface area contributed by atoms with Crippen LogP contribution in [0.3, 0.4) is 0 Å². The molecule has 5 nitrogen and oxygen atoms in total. The Morgan fingerprint density at radius 1 is 0.882 bits per heavy atom. The van der Waals surface area contributed by atoms with Crippen molar-refractivity contribution in [2.45, 2.75) is 123 Å². The third-order valence-electron chi connectivity index (χ3n) is 6.05. The monoisotopic (exact) mass is 486 g/mol. The Morgan fingerprint density at radius 2 is 1.41 bits per heavy atom. The van der Waals surface area contributed by atoms with Gasteiger partial charge < -0.3 is 16.2 Å². The number of hydrogen-bond acceptors (Lipinski definition) is 3. The van der Waals surface area contributed by atoms with E-state index in [4.69, 9.17) is 10.8 Å². The molecule has 0 aliphatic heterocycles. The minimum absolute atomic E-state index is 0.172. The van der Waals surface area contributed by atoms with Crippen LogP contribution in [0.5, 0.6) is 0 Å². The molecule has 0 aromatic heterocycles. The highest BCUT2D eigenvalue weighted by molar-refractivity contribution is 5.91. The lowest BCUT2D eigenvalue weighted by Gasteiger charge is -2.11. The van der Waals surface area contributed by atoms with Gasteiger partial charge in [-0.15, -0.1) is 0 Å². The predicted molar refractivity (Wildman–Crippen MR) is 135 cm³/mol. The summed E-state index contributed by atoms with van der Waals surface area (Å²) in [5, 5.41) is 11.3. The number of aliphatic hydroxyl groups is 1. The number of rotatable bonds is 17. The summed E-state index contributed by atoms with van der Waals surface area (Å²) in [5.41, 5.74) is 4.71. The number of allylic oxidation sites excluding steroid dienone is 2. The Morgan fingerprint density at radius 3 is 1.91 bits per heavy atom. The molecule has 7 heteroatoms. The Kier molecular flexibility index (Phi) is 20.6. The maximum absolute atomic E-state index is 13.6. The van der Waals surface area contributed by atoms with Crippen molar-refractivity contribution in [3.63, 3.8) is 0 Å². The van der Waals surface area contributed by atoms with E-state index in [-0.39, 0.29) is 12.6 Å². The summed E-state index contributed by atoms with van der Waals surface area (Å²) >= 11 is 0. The standard InChI is InChI=1S/C17H30FNO.C10H18FNO2/c1-3-4-5-6-7-8-9-10-16(18)17(20)19-15-12-11-14(2)13-15;11-9(10(12)14)7-5-3-1-2-4-6-8-13/h10,14-15H,3-9,11-13H2,1-2H3,(H,19,20);7,13H,1-6,8H2,(H2,12,14)/b16-10-;9-7-/t14-,15+;/m0./s1. The van der Waals surface area contributed by atoms with Crippen LogP contribution in [-0.4, -0.2) is 29.6 Å². The van der Waals surface area contributed by atoms with Crippen LogP contribution in [0.2, 0.25) is 0 Å². The number of nitrogens with one attached hydrogen (secondary N) is 1. The van der Waals surface area contributed by atoms with Crippen LogP contribution < -0.4 is 11.1 Å². The molecule has 0 bridgehead atoms. The molecular weight excluding hydrogens is 438 g/mol. The largest absolute Gasteiger partial charge is 0.396 e. The summed E-state index contributed by atoms with van der Waals surface area (Å²) in [5.74, 6) is -2.31. The lowest BCUT2D eigenvalue weighted by atomic mass is 10.1. The molecule has 4 N–H and O–H groups in total. The van der Waals surface area contributed by atoms with Crippen LogP contribution in [0.4, 0.5) is 8.78 Å². The van der Waals surface area contributed by atoms with E-state index in [2.05, 4.69) is 19.2 Å². The fourth-order valence-corrected chi connectivity index (χ4v) is 3.95. The van der Waals surface area contributed by atoms with E-state index in [1.807, 2.05) is 0 Å². The van der Waals surface area contributed by atoms with Crippen molar-refractivity contribution in [2.24, 2.45) is 11.7 Å². The van der Waals surface area contributed by atoms with Crippen LogP contribution in [0.15, 0.2) is 23.8 Å². The molecule has 1 aliphatic rings. The van der Waals surface area contributed by atoms with Crippen LogP contribution in [0, 0.1) is 5.92 Å². The fourth-order valence-electron chi connectivity index (χ4n) is 3.95. The molecule has 198 valence electrons. The maximum Gasteiger partial charge on any atom is 0.279 e. The molecule has 0 saturated heterocycles. The maximum atomic E-state index is 13.6. The zero-order valence-corrected chi connectivity index (χ0v) is 21.4. The summed E-state index contributed by atoms with van der Waals surface area (Å²) < 4.78 is 26.1. The lowest BCUT2D eigenvalue weighted by Crippen LogP contribution is -2.33. The molecular formula is C27H48F2N2O3. The van der Waals surface area contributed by atoms with E-state index in [0.717, 1.165) is 64.2 Å². The summed E-state index contributed by atoms with van der Waals surface area (Å²) in [4.78, 5) is 21.9. The van der Waals surface area contributed by atoms with Gasteiger partial charge >= 0.3 is 0 Å². The number of halogens is 2. The first-order valence-electron chi connectivity index (χ1n) is 13.2. The highest BCUT2D eigenvalue weighted by Crippen LogP contribution is 2.24. The van der Waals surface area contributed by atoms with E-state index in [0.29, 0.717) is 18.8 Å². The van der Waals surface area contributed by atoms with Crippen molar-refractivity contribution in [2.75, 3.05) is 6.61 Å². The number of aliphatic hydroxyl groups excluding tert-OH is 1. The smallest absolute Gasteiger partial charge is 0.279 e. The second-order valence-corrected chi connectivity index (χ2v) is 9.39. The molecule has 2 amide bonds. The molecule has 0 radical (unpaired) electrons. The van der Waals surface area contributed by atoms with Crippen molar-refractivity contribution in [3.8, 4) is 0 Å². The van der Waals surface area contributed by atoms with E-state index >= 15 is 0 Å². The minimum Gasteiger partial charge on any atom is -0.396 e. The first-order valence-corrected chi connectivity index (χ1v) is 13.2. The second-order valence-electron chi connectivity index (χ2n) is 9.39. The highest BCUT2D eigenvalue weighted by Gasteiger charge is 2.23. The zero-order valence-electron chi connectivity index (χ0n) is 21.4. The minimum atomic E-state index is -0.995. The van der Waals surface area contributed by atoms with Gasteiger partial charge in [-0.25, -0.2) is 8.78 Å². The first-order chi connectivity index (χ1) is 16.3. The third-order valence-corrected chi connectivity index (χ3v) is 6.05. The van der Waals surface area contributed by atoms with E-state index in [9.17, 15) is 18.4 Å². The number of primary amides is 1. The van der Waals surface area contributed by atoms with Crippen molar-refractivity contribution in [3.05, 3.63) is 23.8 Å². The topological polar surface area (TPSA) is 92.4 Å². The predicted octanol–water partition coefficient (Wildman–Crippen LogP) is 6.55. The summed E-state index contributed by atoms with van der Waals surface area (Å²) in [6.07, 6.45) is 18.8. The molecule has 0 aromatic carbocycles. The normalized spacial score (nSPS) is 18.4. The average Bonchev–Trinajstić information content (AvgIpc) is 3.22. The summed E-state index contributed by atoms with van der Waals surface area (Å²) in [7, 11) is 0. The van der Waals surface area contributed by atoms with Gasteiger partial charge in [0, 0.05) is 12.6 Å². The molecule has 1 saturated carbocycles. The summed E-state index contributed by atoms with van der Waals surface area (Å²) in [6, 6.07) is 0.172. The number of hydrogen-bond donors (Lipinski definition) is 3. The van der Waals surface area contributed by atoms with Crippen LogP contribution >= 0.6 is 0 Å². The molecule has 0 spiro atoms. The molecule has 1 aliphatic carbocycles. The molecule has 1 rings (SSSR count). The lowest BCUT2D eigenvalue weighted by molar-refractivity contribution is -0.119. The van der Waals surface area contributed by atoms with Gasteiger partial charge in [-0.1, -0.05) is 65.2 Å². The van der Waals surface area contributed by atoms with Crippen LogP contribution in [-0.2, 0) is 9.59 Å². The van der Waals surface area contributed by atoms with Gasteiger partial charge in [-0.05, 0) is 69.4 Å². The molecule has 1 fully saturated rings. The zero-order chi connectivity index (χ0) is 25.6. The van der Waals surface area contributed by atoms with E-state index < -0.39 is 23.5 Å². The van der Waals surface area contributed by atoms with Gasteiger partial charge in [-0.2, -0.15) is 0 Å². The first kappa shape index (κ1) is 32.2. The third kappa shape index (κ3) is 18.6. The Bertz CT molecular complexity index is 609. The number of carbonyl (C=O) groups is 2. The molecule has 0 unspecified atom stereocenters. The summed E-state index contributed by atoms with van der Waals surface area (Å²) in [6.45, 7) is 4.61. The Balaban J connectivity index is 0.000000686. The molecule has 0 heterocycles. The van der Waals surface area contributed by atoms with Gasteiger partial charge in [0.25, 0.3) is 11.8 Å². The SMILES string of the molecule is CCCCCCCC/C=C(\F)C(=O)N[C@@H]1CC[C@H](C)C1.NC(=O)/C(F)=C/CCCCCCCO. The van der Waals surface area contributed by atoms with E-state index in [1.54, 1.807) is 0 Å². The van der Waals surface area contributed by atoms with Crippen molar-refractivity contribution in [1.82, 2.24) is 5.32 Å². The fraction of sp³-hybridized carbons (Fsp3) is 0.778. The van der Waals surface area contributed by atoms with Gasteiger partial charge in [-0.3, -0.25) is 9.59 Å². The van der Waals surface area contributed by atoms with E-state index in [1.165, 1.54) is 37.8 Å². The highest BCUT2D eigenvalue weighted by atomic mass is 19.1. The van der Waals surface area contributed by atoms with Crippen molar-refractivity contribution in [1.29, 1.82) is 0 Å².